The van der Waals surface area contributed by atoms with Crippen LogP contribution >= 0.6 is 23.5 Å². The minimum atomic E-state index is 0.405. The topological polar surface area (TPSA) is 44.1 Å². The Morgan fingerprint density at radius 1 is 1.35 bits per heavy atom. The number of hydrogen-bond donors (Lipinski definition) is 0. The monoisotopic (exact) mass is 308 g/mol. The molecule has 0 N–H and O–H groups in total. The number of carbonyl (C=O) groups excluding carboxylic acids is 1. The van der Waals surface area contributed by atoms with Crippen molar-refractivity contribution in [2.75, 3.05) is 12.9 Å². The fourth-order valence-electron chi connectivity index (χ4n) is 1.70. The maximum Gasteiger partial charge on any atom is 0.176 e. The summed E-state index contributed by atoms with van der Waals surface area (Å²) < 4.78 is 7.42. The summed E-state index contributed by atoms with van der Waals surface area (Å²) in [6.45, 7) is 2.97. The number of thioether (sulfide) groups is 1. The van der Waals surface area contributed by atoms with Gasteiger partial charge in [0.25, 0.3) is 0 Å². The second kappa shape index (κ2) is 7.52. The first kappa shape index (κ1) is 15.2. The SMILES string of the molecule is CCOCn1c(Sc2ccccc2)nc(C=O)c1SC. The number of hydrogen-bond acceptors (Lipinski definition) is 5. The molecule has 0 saturated carbocycles. The summed E-state index contributed by atoms with van der Waals surface area (Å²) in [5.74, 6) is 0. The molecule has 20 heavy (non-hydrogen) atoms. The molecule has 2 aromatic rings. The molecule has 0 aliphatic rings. The van der Waals surface area contributed by atoms with Crippen LogP contribution in [0.15, 0.2) is 45.4 Å². The van der Waals surface area contributed by atoms with Crippen molar-refractivity contribution in [2.24, 2.45) is 0 Å². The molecule has 0 saturated heterocycles. The summed E-state index contributed by atoms with van der Waals surface area (Å²) in [5, 5.41) is 1.61. The molecule has 106 valence electrons. The zero-order valence-corrected chi connectivity index (χ0v) is 13.0. The zero-order valence-electron chi connectivity index (χ0n) is 11.4. The molecule has 0 spiro atoms. The second-order valence-electron chi connectivity index (χ2n) is 3.87. The molecule has 0 aliphatic heterocycles. The number of ether oxygens (including phenoxy) is 1. The lowest BCUT2D eigenvalue weighted by atomic mass is 10.4. The second-order valence-corrected chi connectivity index (χ2v) is 5.71. The smallest absolute Gasteiger partial charge is 0.176 e. The zero-order chi connectivity index (χ0) is 14.4. The minimum Gasteiger partial charge on any atom is -0.361 e. The number of aldehydes is 1. The van der Waals surface area contributed by atoms with Crippen LogP contribution < -0.4 is 0 Å². The van der Waals surface area contributed by atoms with Gasteiger partial charge in [0.15, 0.2) is 11.4 Å². The van der Waals surface area contributed by atoms with Gasteiger partial charge in [0.05, 0.1) is 0 Å². The third-order valence-corrected chi connectivity index (χ3v) is 4.41. The van der Waals surface area contributed by atoms with Crippen molar-refractivity contribution >= 4 is 29.8 Å². The van der Waals surface area contributed by atoms with Gasteiger partial charge in [-0.25, -0.2) is 4.98 Å². The van der Waals surface area contributed by atoms with E-state index in [0.29, 0.717) is 19.0 Å². The third-order valence-electron chi connectivity index (χ3n) is 2.59. The highest BCUT2D eigenvalue weighted by atomic mass is 32.2. The molecule has 1 aromatic carbocycles. The summed E-state index contributed by atoms with van der Waals surface area (Å²) in [6.07, 6.45) is 2.73. The Bertz CT molecular complexity index is 570. The Labute approximate surface area is 126 Å². The lowest BCUT2D eigenvalue weighted by Crippen LogP contribution is -2.05. The molecule has 0 amide bonds. The van der Waals surface area contributed by atoms with Crippen molar-refractivity contribution in [3.63, 3.8) is 0 Å². The van der Waals surface area contributed by atoms with E-state index in [9.17, 15) is 4.79 Å². The normalized spacial score (nSPS) is 10.7. The van der Waals surface area contributed by atoms with Gasteiger partial charge in [-0.15, -0.1) is 11.8 Å². The standard InChI is InChI=1S/C14H16N2O2S2/c1-3-18-10-16-13(19-2)12(9-17)15-14(16)20-11-7-5-4-6-8-11/h4-9H,3,10H2,1-2H3. The number of imidazole rings is 1. The Morgan fingerprint density at radius 3 is 2.70 bits per heavy atom. The van der Waals surface area contributed by atoms with E-state index in [4.69, 9.17) is 4.74 Å². The highest BCUT2D eigenvalue weighted by Crippen LogP contribution is 2.31. The molecule has 0 atom stereocenters. The Balaban J connectivity index is 2.35. The molecule has 1 heterocycles. The molecule has 2 rings (SSSR count). The van der Waals surface area contributed by atoms with Crippen molar-refractivity contribution in [3.8, 4) is 0 Å². The van der Waals surface area contributed by atoms with Crippen LogP contribution in [0.1, 0.15) is 17.4 Å². The molecule has 0 fully saturated rings. The van der Waals surface area contributed by atoms with Crippen LogP contribution in [-0.2, 0) is 11.5 Å². The van der Waals surface area contributed by atoms with Gasteiger partial charge in [0.2, 0.25) is 0 Å². The fraction of sp³-hybridized carbons (Fsp3) is 0.286. The van der Waals surface area contributed by atoms with Gasteiger partial charge < -0.3 is 4.74 Å². The van der Waals surface area contributed by atoms with Gasteiger partial charge in [-0.1, -0.05) is 30.0 Å². The Kier molecular flexibility index (Phi) is 5.70. The van der Waals surface area contributed by atoms with Gasteiger partial charge in [0.1, 0.15) is 17.5 Å². The number of rotatable bonds is 7. The van der Waals surface area contributed by atoms with Crippen LogP contribution in [0, 0.1) is 0 Å². The molecule has 6 heteroatoms. The first-order valence-corrected chi connectivity index (χ1v) is 8.24. The summed E-state index contributed by atoms with van der Waals surface area (Å²) in [7, 11) is 0. The van der Waals surface area contributed by atoms with E-state index < -0.39 is 0 Å². The van der Waals surface area contributed by atoms with Crippen LogP contribution in [0.3, 0.4) is 0 Å². The van der Waals surface area contributed by atoms with E-state index in [2.05, 4.69) is 4.98 Å². The molecule has 0 unspecified atom stereocenters. The average molecular weight is 308 g/mol. The predicted molar refractivity (Wildman–Crippen MR) is 81.6 cm³/mol. The van der Waals surface area contributed by atoms with E-state index >= 15 is 0 Å². The number of benzene rings is 1. The summed E-state index contributed by atoms with van der Waals surface area (Å²) in [6, 6.07) is 9.97. The first-order valence-electron chi connectivity index (χ1n) is 6.20. The lowest BCUT2D eigenvalue weighted by molar-refractivity contribution is 0.0762. The van der Waals surface area contributed by atoms with E-state index in [-0.39, 0.29) is 0 Å². The van der Waals surface area contributed by atoms with Gasteiger partial charge >= 0.3 is 0 Å². The van der Waals surface area contributed by atoms with Crippen LogP contribution in [0.25, 0.3) is 0 Å². The summed E-state index contributed by atoms with van der Waals surface area (Å²) >= 11 is 3.03. The molecule has 4 nitrogen and oxygen atoms in total. The van der Waals surface area contributed by atoms with Gasteiger partial charge in [0, 0.05) is 11.5 Å². The van der Waals surface area contributed by atoms with E-state index in [1.54, 1.807) is 0 Å². The number of carbonyl (C=O) groups is 1. The first-order chi connectivity index (χ1) is 9.80. The summed E-state index contributed by atoms with van der Waals surface area (Å²) in [4.78, 5) is 16.6. The van der Waals surface area contributed by atoms with Crippen molar-refractivity contribution in [1.82, 2.24) is 9.55 Å². The van der Waals surface area contributed by atoms with Crippen molar-refractivity contribution in [2.45, 2.75) is 28.7 Å². The molecule has 0 aliphatic carbocycles. The fourth-order valence-corrected chi connectivity index (χ4v) is 3.32. The third kappa shape index (κ3) is 3.45. The maximum absolute atomic E-state index is 11.1. The number of nitrogens with zero attached hydrogens (tertiary/aromatic N) is 2. The average Bonchev–Trinajstić information content (AvgIpc) is 2.82. The quantitative estimate of drug-likeness (QED) is 0.578. The van der Waals surface area contributed by atoms with Crippen molar-refractivity contribution in [3.05, 3.63) is 36.0 Å². The van der Waals surface area contributed by atoms with E-state index in [1.807, 2.05) is 48.1 Å². The van der Waals surface area contributed by atoms with Crippen LogP contribution in [0.2, 0.25) is 0 Å². The molecular formula is C14H16N2O2S2. The molecule has 1 aromatic heterocycles. The van der Waals surface area contributed by atoms with Crippen molar-refractivity contribution < 1.29 is 9.53 Å². The Morgan fingerprint density at radius 2 is 2.10 bits per heavy atom. The van der Waals surface area contributed by atoms with Gasteiger partial charge in [-0.05, 0) is 25.3 Å². The lowest BCUT2D eigenvalue weighted by Gasteiger charge is -2.10. The van der Waals surface area contributed by atoms with Gasteiger partial charge in [-0.3, -0.25) is 9.36 Å². The van der Waals surface area contributed by atoms with Crippen LogP contribution in [0.5, 0.6) is 0 Å². The molecule has 0 radical (unpaired) electrons. The highest BCUT2D eigenvalue weighted by molar-refractivity contribution is 7.99. The maximum atomic E-state index is 11.1. The van der Waals surface area contributed by atoms with E-state index in [0.717, 1.165) is 21.4 Å². The van der Waals surface area contributed by atoms with Crippen LogP contribution in [-0.4, -0.2) is 28.7 Å². The van der Waals surface area contributed by atoms with Crippen molar-refractivity contribution in [1.29, 1.82) is 0 Å². The van der Waals surface area contributed by atoms with Crippen LogP contribution in [0.4, 0.5) is 0 Å². The predicted octanol–water partition coefficient (Wildman–Crippen LogP) is 3.56. The minimum absolute atomic E-state index is 0.405. The molecule has 0 bridgehead atoms. The Hall–Kier alpha value is -1.24. The highest BCUT2D eigenvalue weighted by Gasteiger charge is 2.17. The largest absolute Gasteiger partial charge is 0.361 e. The van der Waals surface area contributed by atoms with Gasteiger partial charge in [-0.2, -0.15) is 0 Å². The summed E-state index contributed by atoms with van der Waals surface area (Å²) in [5.41, 5.74) is 0.468. The molecular weight excluding hydrogens is 292 g/mol. The number of aromatic nitrogens is 2. The van der Waals surface area contributed by atoms with E-state index in [1.165, 1.54) is 23.5 Å².